The van der Waals surface area contributed by atoms with Crippen LogP contribution in [0.25, 0.3) is 16.7 Å². The number of non-ortho nitro benzene ring substituents is 1. The SMILES string of the molecule is C=CCn1c(=O)c2ccccc2n2c(SCCOc3cccc([N+](=O)[O-])c3)nnc12. The molecule has 0 bridgehead atoms. The Bertz CT molecular complexity index is 1310. The number of hydrogen-bond acceptors (Lipinski definition) is 7. The largest absolute Gasteiger partial charge is 0.492 e. The Morgan fingerprint density at radius 2 is 2.03 bits per heavy atom. The Morgan fingerprint density at radius 3 is 2.83 bits per heavy atom. The van der Waals surface area contributed by atoms with Crippen molar-refractivity contribution in [1.82, 2.24) is 19.2 Å². The van der Waals surface area contributed by atoms with Gasteiger partial charge in [-0.05, 0) is 18.2 Å². The molecule has 0 aliphatic rings. The zero-order chi connectivity index (χ0) is 21.1. The van der Waals surface area contributed by atoms with E-state index in [0.29, 0.717) is 41.0 Å². The van der Waals surface area contributed by atoms with Crippen LogP contribution in [0.1, 0.15) is 0 Å². The third-order valence-electron chi connectivity index (χ3n) is 4.40. The molecule has 0 unspecified atom stereocenters. The van der Waals surface area contributed by atoms with E-state index >= 15 is 0 Å². The molecular weight excluding hydrogens is 406 g/mol. The number of fused-ring (bicyclic) bond motifs is 3. The Balaban J connectivity index is 1.58. The molecule has 4 aromatic rings. The number of aromatic nitrogens is 4. The lowest BCUT2D eigenvalue weighted by atomic mass is 10.2. The lowest BCUT2D eigenvalue weighted by Gasteiger charge is -2.10. The fraction of sp³-hybridized carbons (Fsp3) is 0.150. The molecule has 2 aromatic carbocycles. The summed E-state index contributed by atoms with van der Waals surface area (Å²) in [5.41, 5.74) is 0.566. The van der Waals surface area contributed by atoms with Gasteiger partial charge in [-0.3, -0.25) is 23.9 Å². The van der Waals surface area contributed by atoms with Gasteiger partial charge in [-0.2, -0.15) is 0 Å². The number of hydrogen-bond donors (Lipinski definition) is 0. The Labute approximate surface area is 174 Å². The molecule has 4 rings (SSSR count). The monoisotopic (exact) mass is 423 g/mol. The highest BCUT2D eigenvalue weighted by Crippen LogP contribution is 2.23. The number of nitro groups is 1. The minimum absolute atomic E-state index is 0.0183. The highest BCUT2D eigenvalue weighted by molar-refractivity contribution is 7.99. The summed E-state index contributed by atoms with van der Waals surface area (Å²) in [4.78, 5) is 23.2. The highest BCUT2D eigenvalue weighted by atomic mass is 32.2. The van der Waals surface area contributed by atoms with E-state index in [9.17, 15) is 14.9 Å². The van der Waals surface area contributed by atoms with Crippen molar-refractivity contribution < 1.29 is 9.66 Å². The quantitative estimate of drug-likeness (QED) is 0.141. The molecule has 0 spiro atoms. The zero-order valence-electron chi connectivity index (χ0n) is 15.8. The maximum Gasteiger partial charge on any atom is 0.273 e. The Kier molecular flexibility index (Phi) is 5.48. The number of rotatable bonds is 8. The van der Waals surface area contributed by atoms with E-state index in [1.807, 2.05) is 22.6 Å². The number of benzene rings is 2. The number of thioether (sulfide) groups is 1. The molecule has 10 heteroatoms. The van der Waals surface area contributed by atoms with Crippen molar-refractivity contribution >= 4 is 34.1 Å². The van der Waals surface area contributed by atoms with Gasteiger partial charge >= 0.3 is 0 Å². The van der Waals surface area contributed by atoms with Crippen LogP contribution in [0.3, 0.4) is 0 Å². The molecule has 2 aromatic heterocycles. The number of para-hydroxylation sites is 1. The molecule has 152 valence electrons. The van der Waals surface area contributed by atoms with Gasteiger partial charge in [-0.15, -0.1) is 16.8 Å². The average molecular weight is 423 g/mol. The van der Waals surface area contributed by atoms with Crippen LogP contribution in [0.4, 0.5) is 5.69 Å². The summed E-state index contributed by atoms with van der Waals surface area (Å²) < 4.78 is 9.00. The molecule has 0 N–H and O–H groups in total. The number of nitro benzene ring substituents is 1. The summed E-state index contributed by atoms with van der Waals surface area (Å²) in [6.07, 6.45) is 1.64. The minimum Gasteiger partial charge on any atom is -0.492 e. The number of ether oxygens (including phenoxy) is 1. The molecule has 0 amide bonds. The maximum absolute atomic E-state index is 12.8. The third-order valence-corrected chi connectivity index (χ3v) is 5.29. The van der Waals surface area contributed by atoms with Gasteiger partial charge in [-0.25, -0.2) is 0 Å². The normalized spacial score (nSPS) is 11.1. The Hall–Kier alpha value is -3.66. The lowest BCUT2D eigenvalue weighted by Crippen LogP contribution is -2.22. The van der Waals surface area contributed by atoms with E-state index < -0.39 is 4.92 Å². The van der Waals surface area contributed by atoms with E-state index in [0.717, 1.165) is 5.52 Å². The lowest BCUT2D eigenvalue weighted by molar-refractivity contribution is -0.384. The molecule has 0 radical (unpaired) electrons. The molecule has 0 saturated heterocycles. The third kappa shape index (κ3) is 3.64. The van der Waals surface area contributed by atoms with Crippen molar-refractivity contribution in [3.05, 3.63) is 81.7 Å². The first kappa shape index (κ1) is 19.6. The number of allylic oxidation sites excluding steroid dienone is 1. The van der Waals surface area contributed by atoms with E-state index in [2.05, 4.69) is 16.8 Å². The first-order valence-corrected chi connectivity index (χ1v) is 10.1. The second kappa shape index (κ2) is 8.37. The fourth-order valence-electron chi connectivity index (χ4n) is 3.10. The minimum atomic E-state index is -0.460. The average Bonchev–Trinajstić information content (AvgIpc) is 3.18. The van der Waals surface area contributed by atoms with Crippen molar-refractivity contribution in [1.29, 1.82) is 0 Å². The van der Waals surface area contributed by atoms with Crippen molar-refractivity contribution in [2.75, 3.05) is 12.4 Å². The van der Waals surface area contributed by atoms with Crippen LogP contribution in [-0.4, -0.2) is 36.4 Å². The van der Waals surface area contributed by atoms with Crippen LogP contribution in [0.5, 0.6) is 5.75 Å². The summed E-state index contributed by atoms with van der Waals surface area (Å²) in [7, 11) is 0. The van der Waals surface area contributed by atoms with E-state index in [4.69, 9.17) is 4.74 Å². The van der Waals surface area contributed by atoms with Gasteiger partial charge in [0.15, 0.2) is 5.16 Å². The molecular formula is C20H17N5O4S. The summed E-state index contributed by atoms with van der Waals surface area (Å²) in [5.74, 6) is 1.42. The van der Waals surface area contributed by atoms with E-state index in [-0.39, 0.29) is 11.2 Å². The van der Waals surface area contributed by atoms with E-state index in [1.54, 1.807) is 24.3 Å². The second-order valence-corrected chi connectivity index (χ2v) is 7.35. The summed E-state index contributed by atoms with van der Waals surface area (Å²) in [6.45, 7) is 4.37. The second-order valence-electron chi connectivity index (χ2n) is 6.29. The molecule has 0 saturated carbocycles. The van der Waals surface area contributed by atoms with Crippen LogP contribution in [0.2, 0.25) is 0 Å². The van der Waals surface area contributed by atoms with Gasteiger partial charge in [0.05, 0.1) is 28.5 Å². The van der Waals surface area contributed by atoms with Crippen LogP contribution in [0, 0.1) is 10.1 Å². The first-order chi connectivity index (χ1) is 14.6. The zero-order valence-corrected chi connectivity index (χ0v) is 16.6. The smallest absolute Gasteiger partial charge is 0.273 e. The highest BCUT2D eigenvalue weighted by Gasteiger charge is 2.16. The standard InChI is InChI=1S/C20H17N5O4S/c1-2-10-23-18(26)16-8-3-4-9-17(16)24-19(23)21-22-20(24)30-12-11-29-15-7-5-6-14(13-15)25(27)28/h2-9,13H,1,10-12H2. The summed E-state index contributed by atoms with van der Waals surface area (Å²) in [6, 6.07) is 13.4. The molecule has 30 heavy (non-hydrogen) atoms. The molecule has 0 aliphatic heterocycles. The van der Waals surface area contributed by atoms with Gasteiger partial charge in [-0.1, -0.05) is 36.0 Å². The van der Waals surface area contributed by atoms with Gasteiger partial charge in [0, 0.05) is 18.4 Å². The van der Waals surface area contributed by atoms with Crippen LogP contribution < -0.4 is 10.3 Å². The van der Waals surface area contributed by atoms with Gasteiger partial charge < -0.3 is 4.74 Å². The Morgan fingerprint density at radius 1 is 1.20 bits per heavy atom. The van der Waals surface area contributed by atoms with Crippen LogP contribution in [-0.2, 0) is 6.54 Å². The molecule has 0 aliphatic carbocycles. The van der Waals surface area contributed by atoms with Crippen LogP contribution >= 0.6 is 11.8 Å². The fourth-order valence-corrected chi connectivity index (χ4v) is 3.86. The van der Waals surface area contributed by atoms with Gasteiger partial charge in [0.1, 0.15) is 5.75 Å². The molecule has 2 heterocycles. The van der Waals surface area contributed by atoms with Crippen molar-refractivity contribution in [2.24, 2.45) is 0 Å². The predicted octanol–water partition coefficient (Wildman–Crippen LogP) is 3.31. The topological polar surface area (TPSA) is 105 Å². The summed E-state index contributed by atoms with van der Waals surface area (Å²) >= 11 is 1.42. The van der Waals surface area contributed by atoms with Crippen LogP contribution in [0.15, 0.2) is 71.1 Å². The van der Waals surface area contributed by atoms with E-state index in [1.165, 1.54) is 28.5 Å². The first-order valence-electron chi connectivity index (χ1n) is 9.08. The van der Waals surface area contributed by atoms with Crippen molar-refractivity contribution in [3.8, 4) is 5.75 Å². The van der Waals surface area contributed by atoms with Crippen molar-refractivity contribution in [2.45, 2.75) is 11.7 Å². The predicted molar refractivity (Wildman–Crippen MR) is 114 cm³/mol. The molecule has 9 nitrogen and oxygen atoms in total. The molecule has 0 atom stereocenters. The summed E-state index contributed by atoms with van der Waals surface area (Å²) in [5, 5.41) is 20.5. The maximum atomic E-state index is 12.8. The molecule has 0 fully saturated rings. The van der Waals surface area contributed by atoms with Crippen molar-refractivity contribution in [3.63, 3.8) is 0 Å². The van der Waals surface area contributed by atoms with Gasteiger partial charge in [0.2, 0.25) is 5.78 Å². The van der Waals surface area contributed by atoms with Gasteiger partial charge in [0.25, 0.3) is 11.2 Å². The number of nitrogens with zero attached hydrogens (tertiary/aromatic N) is 5.